The van der Waals surface area contributed by atoms with E-state index in [1.807, 2.05) is 11.0 Å². The summed E-state index contributed by atoms with van der Waals surface area (Å²) in [6, 6.07) is 19.9. The Balaban J connectivity index is 1.42. The van der Waals surface area contributed by atoms with Gasteiger partial charge >= 0.3 is 12.1 Å². The lowest BCUT2D eigenvalue weighted by molar-refractivity contribution is -0.153. The number of rotatable bonds is 6. The summed E-state index contributed by atoms with van der Waals surface area (Å²) in [4.78, 5) is 31.9. The standard InChI is InChI=1S/C26H23F3N2O3/c27-26(28,29)21-11-12-22(30-17-21)31-15-13-20(14-16-31)25(33)34-24(19-9-5-2-6-10-19)23(32)18-7-3-1-4-8-18/h1-12,17,20,24H,13-16H2/t24-/m1/s1. The van der Waals surface area contributed by atoms with E-state index in [4.69, 9.17) is 4.74 Å². The summed E-state index contributed by atoms with van der Waals surface area (Å²) in [5.74, 6) is -0.744. The summed E-state index contributed by atoms with van der Waals surface area (Å²) in [6.45, 7) is 0.890. The van der Waals surface area contributed by atoms with E-state index in [0.29, 0.717) is 42.9 Å². The van der Waals surface area contributed by atoms with E-state index in [1.165, 1.54) is 6.07 Å². The molecule has 0 saturated carbocycles. The van der Waals surface area contributed by atoms with E-state index in [1.54, 1.807) is 54.6 Å². The first kappa shape index (κ1) is 23.5. The molecule has 1 saturated heterocycles. The molecule has 8 heteroatoms. The van der Waals surface area contributed by atoms with Crippen LogP contribution in [0, 0.1) is 5.92 Å². The minimum absolute atomic E-state index is 0.299. The molecule has 0 unspecified atom stereocenters. The summed E-state index contributed by atoms with van der Waals surface area (Å²) in [6.07, 6.45) is -3.78. The second kappa shape index (κ2) is 10.1. The topological polar surface area (TPSA) is 59.5 Å². The van der Waals surface area contributed by atoms with Gasteiger partial charge in [-0.05, 0) is 25.0 Å². The molecular formula is C26H23F3N2O3. The number of ketones is 1. The molecular weight excluding hydrogens is 445 g/mol. The number of hydrogen-bond acceptors (Lipinski definition) is 5. The molecule has 176 valence electrons. The highest BCUT2D eigenvalue weighted by Crippen LogP contribution is 2.31. The molecule has 4 rings (SSSR count). The van der Waals surface area contributed by atoms with E-state index < -0.39 is 29.7 Å². The molecule has 1 aliphatic heterocycles. The molecule has 0 radical (unpaired) electrons. The Morgan fingerprint density at radius 3 is 2.09 bits per heavy atom. The van der Waals surface area contributed by atoms with Gasteiger partial charge < -0.3 is 9.64 Å². The lowest BCUT2D eigenvalue weighted by Crippen LogP contribution is -2.38. The number of aromatic nitrogens is 1. The van der Waals surface area contributed by atoms with E-state index >= 15 is 0 Å². The van der Waals surface area contributed by atoms with Gasteiger partial charge in [-0.3, -0.25) is 9.59 Å². The highest BCUT2D eigenvalue weighted by Gasteiger charge is 2.33. The zero-order valence-electron chi connectivity index (χ0n) is 18.2. The zero-order valence-corrected chi connectivity index (χ0v) is 18.2. The Morgan fingerprint density at radius 2 is 1.53 bits per heavy atom. The van der Waals surface area contributed by atoms with Crippen LogP contribution in [0.1, 0.15) is 40.4 Å². The monoisotopic (exact) mass is 468 g/mol. The molecule has 1 aromatic heterocycles. The number of alkyl halides is 3. The number of ether oxygens (including phenoxy) is 1. The van der Waals surface area contributed by atoms with Crippen molar-refractivity contribution in [3.8, 4) is 0 Å². The molecule has 0 spiro atoms. The Bertz CT molecular complexity index is 1110. The smallest absolute Gasteiger partial charge is 0.417 e. The molecule has 3 aromatic rings. The minimum Gasteiger partial charge on any atom is -0.449 e. The van der Waals surface area contributed by atoms with Crippen LogP contribution in [0.15, 0.2) is 79.0 Å². The van der Waals surface area contributed by atoms with Crippen molar-refractivity contribution in [3.63, 3.8) is 0 Å². The lowest BCUT2D eigenvalue weighted by Gasteiger charge is -2.32. The maximum atomic E-state index is 13.1. The molecule has 2 heterocycles. The third-order valence-corrected chi connectivity index (χ3v) is 5.86. The van der Waals surface area contributed by atoms with Gasteiger partial charge in [0.2, 0.25) is 5.78 Å². The number of halogens is 3. The summed E-state index contributed by atoms with van der Waals surface area (Å²) < 4.78 is 44.0. The van der Waals surface area contributed by atoms with Gasteiger partial charge in [0.05, 0.1) is 11.5 Å². The average molecular weight is 468 g/mol. The van der Waals surface area contributed by atoms with Crippen LogP contribution >= 0.6 is 0 Å². The molecule has 0 aliphatic carbocycles. The average Bonchev–Trinajstić information content (AvgIpc) is 2.87. The van der Waals surface area contributed by atoms with Gasteiger partial charge in [0.15, 0.2) is 6.10 Å². The highest BCUT2D eigenvalue weighted by molar-refractivity contribution is 6.01. The number of anilines is 1. The number of benzene rings is 2. The van der Waals surface area contributed by atoms with Crippen LogP contribution in [0.3, 0.4) is 0 Å². The van der Waals surface area contributed by atoms with Gasteiger partial charge in [0, 0.05) is 30.4 Å². The van der Waals surface area contributed by atoms with Crippen molar-refractivity contribution in [2.24, 2.45) is 5.92 Å². The fourth-order valence-corrected chi connectivity index (χ4v) is 3.95. The van der Waals surface area contributed by atoms with Gasteiger partial charge in [-0.2, -0.15) is 13.2 Å². The van der Waals surface area contributed by atoms with Crippen LogP contribution in [0.25, 0.3) is 0 Å². The van der Waals surface area contributed by atoms with Crippen LogP contribution in [0.4, 0.5) is 19.0 Å². The van der Waals surface area contributed by atoms with Crippen LogP contribution in [-0.2, 0) is 15.7 Å². The van der Waals surface area contributed by atoms with Gasteiger partial charge in [-0.1, -0.05) is 60.7 Å². The van der Waals surface area contributed by atoms with E-state index in [0.717, 1.165) is 12.3 Å². The third-order valence-electron chi connectivity index (χ3n) is 5.86. The molecule has 1 aliphatic rings. The van der Waals surface area contributed by atoms with Crippen LogP contribution in [0.2, 0.25) is 0 Å². The normalized spacial score (nSPS) is 15.6. The van der Waals surface area contributed by atoms with Crippen molar-refractivity contribution in [2.45, 2.75) is 25.1 Å². The Labute approximate surface area is 195 Å². The molecule has 1 atom stereocenters. The number of esters is 1. The molecule has 0 N–H and O–H groups in total. The van der Waals surface area contributed by atoms with Gasteiger partial charge in [0.25, 0.3) is 0 Å². The first-order valence-corrected chi connectivity index (χ1v) is 11.0. The zero-order chi connectivity index (χ0) is 24.1. The number of carbonyl (C=O) groups is 2. The van der Waals surface area contributed by atoms with Gasteiger partial charge in [0.1, 0.15) is 5.82 Å². The Kier molecular flexibility index (Phi) is 6.95. The number of carbonyl (C=O) groups excluding carboxylic acids is 2. The quantitative estimate of drug-likeness (QED) is 0.354. The molecule has 0 amide bonds. The van der Waals surface area contributed by atoms with E-state index in [-0.39, 0.29) is 5.78 Å². The number of piperidine rings is 1. The van der Waals surface area contributed by atoms with Crippen molar-refractivity contribution in [2.75, 3.05) is 18.0 Å². The predicted molar refractivity (Wildman–Crippen MR) is 120 cm³/mol. The van der Waals surface area contributed by atoms with Crippen molar-refractivity contribution in [3.05, 3.63) is 95.7 Å². The van der Waals surface area contributed by atoms with Crippen molar-refractivity contribution < 1.29 is 27.5 Å². The van der Waals surface area contributed by atoms with Gasteiger partial charge in [-0.15, -0.1) is 0 Å². The number of Topliss-reactive ketones (excluding diaryl/α,β-unsaturated/α-hetero) is 1. The van der Waals surface area contributed by atoms with Crippen LogP contribution in [0.5, 0.6) is 0 Å². The summed E-state index contributed by atoms with van der Waals surface area (Å²) in [7, 11) is 0. The van der Waals surface area contributed by atoms with Crippen LogP contribution in [-0.4, -0.2) is 29.8 Å². The number of hydrogen-bond donors (Lipinski definition) is 0. The van der Waals surface area contributed by atoms with Crippen LogP contribution < -0.4 is 4.90 Å². The van der Waals surface area contributed by atoms with Crippen molar-refractivity contribution in [1.82, 2.24) is 4.98 Å². The largest absolute Gasteiger partial charge is 0.449 e. The summed E-state index contributed by atoms with van der Waals surface area (Å²) in [5.41, 5.74) is 0.244. The molecule has 34 heavy (non-hydrogen) atoms. The molecule has 0 bridgehead atoms. The maximum Gasteiger partial charge on any atom is 0.417 e. The SMILES string of the molecule is O=C(O[C@@H](C(=O)c1ccccc1)c1ccccc1)C1CCN(c2ccc(C(F)(F)F)cn2)CC1. The highest BCUT2D eigenvalue weighted by atomic mass is 19.4. The van der Waals surface area contributed by atoms with Crippen molar-refractivity contribution >= 4 is 17.6 Å². The summed E-state index contributed by atoms with van der Waals surface area (Å²) >= 11 is 0. The summed E-state index contributed by atoms with van der Waals surface area (Å²) in [5, 5.41) is 0. The first-order chi connectivity index (χ1) is 16.3. The number of nitrogens with zero attached hydrogens (tertiary/aromatic N) is 2. The fraction of sp³-hybridized carbons (Fsp3) is 0.269. The molecule has 2 aromatic carbocycles. The Hall–Kier alpha value is -3.68. The molecule has 5 nitrogen and oxygen atoms in total. The number of pyridine rings is 1. The third kappa shape index (κ3) is 5.44. The second-order valence-electron chi connectivity index (χ2n) is 8.12. The Morgan fingerprint density at radius 1 is 0.912 bits per heavy atom. The van der Waals surface area contributed by atoms with E-state index in [2.05, 4.69) is 4.98 Å². The van der Waals surface area contributed by atoms with E-state index in [9.17, 15) is 22.8 Å². The lowest BCUT2D eigenvalue weighted by atomic mass is 9.96. The first-order valence-electron chi connectivity index (χ1n) is 11.0. The molecule has 1 fully saturated rings. The van der Waals surface area contributed by atoms with Crippen molar-refractivity contribution in [1.29, 1.82) is 0 Å². The maximum absolute atomic E-state index is 13.1. The minimum atomic E-state index is -4.44. The fourth-order valence-electron chi connectivity index (χ4n) is 3.95. The second-order valence-corrected chi connectivity index (χ2v) is 8.12. The van der Waals surface area contributed by atoms with Gasteiger partial charge in [-0.25, -0.2) is 4.98 Å². The predicted octanol–water partition coefficient (Wildman–Crippen LogP) is 5.48.